The summed E-state index contributed by atoms with van der Waals surface area (Å²) in [6.45, 7) is 3.94. The highest BCUT2D eigenvalue weighted by atomic mass is 16.5. The molecule has 0 aliphatic carbocycles. The van der Waals surface area contributed by atoms with E-state index in [2.05, 4.69) is 4.98 Å². The van der Waals surface area contributed by atoms with Gasteiger partial charge in [-0.3, -0.25) is 14.6 Å². The van der Waals surface area contributed by atoms with Crippen molar-refractivity contribution in [1.82, 2.24) is 9.88 Å². The molecule has 7 heteroatoms. The van der Waals surface area contributed by atoms with Gasteiger partial charge in [0, 0.05) is 24.5 Å². The van der Waals surface area contributed by atoms with Crippen LogP contribution in [-0.4, -0.2) is 40.9 Å². The number of hydrogen-bond donors (Lipinski definition) is 1. The molecule has 34 heavy (non-hydrogen) atoms. The van der Waals surface area contributed by atoms with E-state index < -0.39 is 17.7 Å². The second-order valence-electron chi connectivity index (χ2n) is 8.22. The van der Waals surface area contributed by atoms with Crippen molar-refractivity contribution in [2.75, 3.05) is 14.2 Å². The smallest absolute Gasteiger partial charge is 0.295 e. The second kappa shape index (κ2) is 9.39. The molecule has 1 aliphatic heterocycles. The monoisotopic (exact) mass is 458 g/mol. The number of Topliss-reactive ketones (excluding diaryl/α,β-unsaturated/α-hetero) is 1. The first-order valence-electron chi connectivity index (χ1n) is 10.8. The number of nitrogens with zero attached hydrogens (tertiary/aromatic N) is 2. The Kier molecular flexibility index (Phi) is 6.36. The van der Waals surface area contributed by atoms with Crippen molar-refractivity contribution in [2.45, 2.75) is 26.4 Å². The van der Waals surface area contributed by atoms with Crippen LogP contribution in [0.25, 0.3) is 5.76 Å². The van der Waals surface area contributed by atoms with E-state index in [0.29, 0.717) is 22.6 Å². The number of likely N-dealkylation sites (tertiary alicyclic amines) is 1. The third kappa shape index (κ3) is 4.12. The van der Waals surface area contributed by atoms with Crippen LogP contribution in [0.2, 0.25) is 0 Å². The first-order chi connectivity index (χ1) is 16.3. The number of aryl methyl sites for hydroxylation is 2. The Labute approximate surface area is 198 Å². The Hall–Kier alpha value is -4.13. The lowest BCUT2D eigenvalue weighted by atomic mass is 9.93. The molecule has 1 fully saturated rings. The van der Waals surface area contributed by atoms with Crippen molar-refractivity contribution in [1.29, 1.82) is 0 Å². The second-order valence-corrected chi connectivity index (χ2v) is 8.22. The van der Waals surface area contributed by atoms with Crippen LogP contribution in [0.3, 0.4) is 0 Å². The van der Waals surface area contributed by atoms with Gasteiger partial charge in [-0.1, -0.05) is 23.8 Å². The molecular formula is C27H26N2O5. The van der Waals surface area contributed by atoms with Gasteiger partial charge in [0.25, 0.3) is 11.7 Å². The average molecular weight is 459 g/mol. The predicted octanol–water partition coefficient (Wildman–Crippen LogP) is 4.34. The summed E-state index contributed by atoms with van der Waals surface area (Å²) >= 11 is 0. The van der Waals surface area contributed by atoms with Crippen molar-refractivity contribution >= 4 is 17.4 Å². The number of carbonyl (C=O) groups excluding carboxylic acids is 2. The summed E-state index contributed by atoms with van der Waals surface area (Å²) in [5.74, 6) is -0.625. The van der Waals surface area contributed by atoms with Crippen molar-refractivity contribution in [3.63, 3.8) is 0 Å². The summed E-state index contributed by atoms with van der Waals surface area (Å²) in [4.78, 5) is 32.0. The van der Waals surface area contributed by atoms with E-state index in [4.69, 9.17) is 9.47 Å². The average Bonchev–Trinajstić information content (AvgIpc) is 3.10. The van der Waals surface area contributed by atoms with Crippen LogP contribution in [0.15, 0.2) is 66.5 Å². The Balaban J connectivity index is 1.93. The topological polar surface area (TPSA) is 89.0 Å². The van der Waals surface area contributed by atoms with Crippen molar-refractivity contribution < 1.29 is 24.2 Å². The lowest BCUT2D eigenvalue weighted by molar-refractivity contribution is -0.140. The number of rotatable bonds is 6. The number of amides is 1. The van der Waals surface area contributed by atoms with Crippen molar-refractivity contribution in [3.05, 3.63) is 94.3 Å². The van der Waals surface area contributed by atoms with E-state index >= 15 is 0 Å². The van der Waals surface area contributed by atoms with Crippen molar-refractivity contribution in [3.8, 4) is 11.5 Å². The molecule has 2 heterocycles. The number of aliphatic hydroxyl groups excluding tert-OH is 1. The Morgan fingerprint density at radius 3 is 2.35 bits per heavy atom. The Bertz CT molecular complexity index is 1280. The fourth-order valence-electron chi connectivity index (χ4n) is 4.23. The molecule has 0 saturated carbocycles. The lowest BCUT2D eigenvalue weighted by Gasteiger charge is -2.26. The summed E-state index contributed by atoms with van der Waals surface area (Å²) in [6, 6.07) is 13.6. The molecule has 0 radical (unpaired) electrons. The Morgan fingerprint density at radius 2 is 1.68 bits per heavy atom. The van der Waals surface area contributed by atoms with Gasteiger partial charge >= 0.3 is 0 Å². The number of hydrogen-bond acceptors (Lipinski definition) is 6. The van der Waals surface area contributed by atoms with Gasteiger partial charge in [0.15, 0.2) is 11.5 Å². The third-order valence-electron chi connectivity index (χ3n) is 6.01. The number of methoxy groups -OCH3 is 2. The van der Waals surface area contributed by atoms with E-state index in [1.54, 1.807) is 42.7 Å². The molecule has 1 aromatic heterocycles. The molecule has 1 N–H and O–H groups in total. The SMILES string of the molecule is COc1ccc(C2/C(=C(\O)c3cc(C)ccc3C)C(=O)C(=O)N2Cc2ccncc2)cc1OC. The zero-order chi connectivity index (χ0) is 24.4. The zero-order valence-electron chi connectivity index (χ0n) is 19.5. The minimum atomic E-state index is -0.812. The van der Waals surface area contributed by atoms with E-state index in [0.717, 1.165) is 16.7 Å². The number of pyridine rings is 1. The molecule has 4 rings (SSSR count). The van der Waals surface area contributed by atoms with Crippen LogP contribution in [0.1, 0.15) is 33.9 Å². The van der Waals surface area contributed by atoms with Gasteiger partial charge < -0.3 is 19.5 Å². The van der Waals surface area contributed by atoms with E-state index in [9.17, 15) is 14.7 Å². The molecule has 7 nitrogen and oxygen atoms in total. The third-order valence-corrected chi connectivity index (χ3v) is 6.01. The van der Waals surface area contributed by atoms with Gasteiger partial charge in [0.1, 0.15) is 5.76 Å². The zero-order valence-corrected chi connectivity index (χ0v) is 19.5. The number of carbonyl (C=O) groups is 2. The fraction of sp³-hybridized carbons (Fsp3) is 0.222. The molecule has 174 valence electrons. The van der Waals surface area contributed by atoms with Crippen LogP contribution in [-0.2, 0) is 16.1 Å². The van der Waals surface area contributed by atoms with Crippen LogP contribution < -0.4 is 9.47 Å². The van der Waals surface area contributed by atoms with Crippen LogP contribution in [0.4, 0.5) is 0 Å². The molecule has 1 saturated heterocycles. The molecule has 1 atom stereocenters. The van der Waals surface area contributed by atoms with Crippen LogP contribution in [0, 0.1) is 13.8 Å². The number of benzene rings is 2. The molecule has 0 bridgehead atoms. The molecular weight excluding hydrogens is 432 g/mol. The minimum Gasteiger partial charge on any atom is -0.507 e. The van der Waals surface area contributed by atoms with Crippen LogP contribution in [0.5, 0.6) is 11.5 Å². The summed E-state index contributed by atoms with van der Waals surface area (Å²) in [6.07, 6.45) is 3.26. The highest BCUT2D eigenvalue weighted by Gasteiger charge is 2.46. The van der Waals surface area contributed by atoms with Gasteiger partial charge in [-0.15, -0.1) is 0 Å². The highest BCUT2D eigenvalue weighted by molar-refractivity contribution is 6.46. The molecule has 1 unspecified atom stereocenters. The van der Waals surface area contributed by atoms with E-state index in [-0.39, 0.29) is 17.9 Å². The molecule has 1 aliphatic rings. The largest absolute Gasteiger partial charge is 0.507 e. The van der Waals surface area contributed by atoms with Crippen LogP contribution >= 0.6 is 0 Å². The molecule has 2 aromatic carbocycles. The minimum absolute atomic E-state index is 0.0416. The standard InChI is InChI=1S/C27H26N2O5/c1-16-5-6-17(2)20(13-16)25(30)23-24(19-7-8-21(33-3)22(14-19)34-4)29(27(32)26(23)31)15-18-9-11-28-12-10-18/h5-14,24,30H,15H2,1-4H3/b25-23+. The van der Waals surface area contributed by atoms with Crippen molar-refractivity contribution in [2.24, 2.45) is 0 Å². The summed E-state index contributed by atoms with van der Waals surface area (Å²) in [5, 5.41) is 11.4. The fourth-order valence-corrected chi connectivity index (χ4v) is 4.23. The number of aliphatic hydroxyl groups is 1. The molecule has 3 aromatic rings. The summed E-state index contributed by atoms with van der Waals surface area (Å²) < 4.78 is 10.8. The van der Waals surface area contributed by atoms with Gasteiger partial charge in [-0.2, -0.15) is 0 Å². The highest BCUT2D eigenvalue weighted by Crippen LogP contribution is 2.43. The van der Waals surface area contributed by atoms with Gasteiger partial charge in [0.2, 0.25) is 0 Å². The quantitative estimate of drug-likeness (QED) is 0.336. The molecule has 1 amide bonds. The number of ketones is 1. The van der Waals surface area contributed by atoms with E-state index in [1.807, 2.05) is 32.0 Å². The summed E-state index contributed by atoms with van der Waals surface area (Å²) in [5.41, 5.74) is 3.73. The first-order valence-corrected chi connectivity index (χ1v) is 10.8. The normalized spacial score (nSPS) is 17.2. The lowest BCUT2D eigenvalue weighted by Crippen LogP contribution is -2.29. The number of aromatic nitrogens is 1. The van der Waals surface area contributed by atoms with Gasteiger partial charge in [-0.05, 0) is 60.9 Å². The Morgan fingerprint density at radius 1 is 0.971 bits per heavy atom. The molecule has 0 spiro atoms. The first kappa shape index (κ1) is 23.0. The maximum absolute atomic E-state index is 13.3. The van der Waals surface area contributed by atoms with Gasteiger partial charge in [-0.25, -0.2) is 0 Å². The number of ether oxygens (including phenoxy) is 2. The maximum atomic E-state index is 13.3. The van der Waals surface area contributed by atoms with Gasteiger partial charge in [0.05, 0.1) is 25.8 Å². The summed E-state index contributed by atoms with van der Waals surface area (Å²) in [7, 11) is 3.05. The maximum Gasteiger partial charge on any atom is 0.295 e. The predicted molar refractivity (Wildman–Crippen MR) is 128 cm³/mol. The van der Waals surface area contributed by atoms with E-state index in [1.165, 1.54) is 19.1 Å².